The lowest BCUT2D eigenvalue weighted by Crippen LogP contribution is -2.37. The van der Waals surface area contributed by atoms with Crippen LogP contribution in [0.3, 0.4) is 0 Å². The molecule has 0 unspecified atom stereocenters. The Balaban J connectivity index is 1.57. The number of nitrogens with zero attached hydrogens (tertiary/aromatic N) is 1. The molecular weight excluding hydrogens is 254 g/mol. The number of aryl methyl sites for hydroxylation is 1. The van der Waals surface area contributed by atoms with Crippen molar-refractivity contribution in [2.75, 3.05) is 13.1 Å². The normalized spacial score (nSPS) is 22.2. The van der Waals surface area contributed by atoms with Crippen LogP contribution in [0, 0.1) is 0 Å². The van der Waals surface area contributed by atoms with E-state index in [1.54, 1.807) is 11.1 Å². The molecule has 0 radical (unpaired) electrons. The summed E-state index contributed by atoms with van der Waals surface area (Å²) >= 11 is 0. The van der Waals surface area contributed by atoms with E-state index in [0.29, 0.717) is 0 Å². The second-order valence-electron chi connectivity index (χ2n) is 6.49. The highest BCUT2D eigenvalue weighted by molar-refractivity contribution is 5.65. The van der Waals surface area contributed by atoms with Gasteiger partial charge in [-0.1, -0.05) is 48.5 Å². The summed E-state index contributed by atoms with van der Waals surface area (Å²) < 4.78 is 0. The average Bonchev–Trinajstić information content (AvgIpc) is 3.09. The van der Waals surface area contributed by atoms with Crippen molar-refractivity contribution in [1.82, 2.24) is 4.90 Å². The first kappa shape index (κ1) is 13.1. The van der Waals surface area contributed by atoms with Crippen molar-refractivity contribution in [2.24, 2.45) is 0 Å². The molecule has 1 fully saturated rings. The molecule has 21 heavy (non-hydrogen) atoms. The molecule has 2 aromatic rings. The first-order chi connectivity index (χ1) is 10.4. The van der Waals surface area contributed by atoms with Crippen molar-refractivity contribution < 1.29 is 0 Å². The lowest BCUT2D eigenvalue weighted by Gasteiger charge is -2.32. The smallest absolute Gasteiger partial charge is 0.0139 e. The predicted molar refractivity (Wildman–Crippen MR) is 88.5 cm³/mol. The van der Waals surface area contributed by atoms with Crippen LogP contribution in [0.15, 0.2) is 48.5 Å². The molecule has 1 nitrogen and oxygen atoms in total. The van der Waals surface area contributed by atoms with Crippen LogP contribution in [0.1, 0.15) is 30.4 Å². The Labute approximate surface area is 127 Å². The van der Waals surface area contributed by atoms with Crippen molar-refractivity contribution in [3.63, 3.8) is 0 Å². The molecule has 0 amide bonds. The molecule has 1 saturated heterocycles. The average molecular weight is 277 g/mol. The zero-order valence-corrected chi connectivity index (χ0v) is 12.6. The highest BCUT2D eigenvalue weighted by Crippen LogP contribution is 2.30. The maximum atomic E-state index is 2.72. The van der Waals surface area contributed by atoms with Gasteiger partial charge in [-0.25, -0.2) is 0 Å². The SMILES string of the molecule is c1ccc(-c2ccc3c(c2)CC[C@H](N2CCCC2)C3)cc1. The molecule has 1 heteroatoms. The van der Waals surface area contributed by atoms with Crippen LogP contribution in [0.4, 0.5) is 0 Å². The quantitative estimate of drug-likeness (QED) is 0.791. The lowest BCUT2D eigenvalue weighted by molar-refractivity contribution is 0.222. The van der Waals surface area contributed by atoms with Gasteiger partial charge in [0.25, 0.3) is 0 Å². The predicted octanol–water partition coefficient (Wildman–Crippen LogP) is 4.31. The molecular formula is C20H23N. The van der Waals surface area contributed by atoms with Gasteiger partial charge in [-0.2, -0.15) is 0 Å². The van der Waals surface area contributed by atoms with Gasteiger partial charge in [0.05, 0.1) is 0 Å². The minimum absolute atomic E-state index is 0.794. The van der Waals surface area contributed by atoms with E-state index in [1.165, 1.54) is 56.3 Å². The highest BCUT2D eigenvalue weighted by atomic mass is 15.2. The van der Waals surface area contributed by atoms with E-state index >= 15 is 0 Å². The van der Waals surface area contributed by atoms with E-state index in [1.807, 2.05) is 0 Å². The summed E-state index contributed by atoms with van der Waals surface area (Å²) in [6.45, 7) is 2.64. The number of fused-ring (bicyclic) bond motifs is 1. The largest absolute Gasteiger partial charge is 0.300 e. The number of hydrogen-bond acceptors (Lipinski definition) is 1. The molecule has 4 rings (SSSR count). The Hall–Kier alpha value is -1.60. The van der Waals surface area contributed by atoms with Crippen molar-refractivity contribution in [3.05, 3.63) is 59.7 Å². The first-order valence-corrected chi connectivity index (χ1v) is 8.31. The second kappa shape index (κ2) is 5.65. The number of hydrogen-bond donors (Lipinski definition) is 0. The highest BCUT2D eigenvalue weighted by Gasteiger charge is 2.26. The molecule has 0 N–H and O–H groups in total. The maximum Gasteiger partial charge on any atom is 0.0139 e. The third kappa shape index (κ3) is 2.63. The van der Waals surface area contributed by atoms with Gasteiger partial charge in [-0.15, -0.1) is 0 Å². The van der Waals surface area contributed by atoms with Crippen LogP contribution in [0.2, 0.25) is 0 Å². The van der Waals surface area contributed by atoms with Gasteiger partial charge in [0, 0.05) is 6.04 Å². The van der Waals surface area contributed by atoms with Gasteiger partial charge >= 0.3 is 0 Å². The number of rotatable bonds is 2. The summed E-state index contributed by atoms with van der Waals surface area (Å²) in [5.41, 5.74) is 5.86. The van der Waals surface area contributed by atoms with Crippen LogP contribution in [-0.4, -0.2) is 24.0 Å². The van der Waals surface area contributed by atoms with E-state index in [-0.39, 0.29) is 0 Å². The molecule has 0 spiro atoms. The molecule has 108 valence electrons. The summed E-state index contributed by atoms with van der Waals surface area (Å²) in [5, 5.41) is 0. The second-order valence-corrected chi connectivity index (χ2v) is 6.49. The molecule has 1 aliphatic carbocycles. The molecule has 1 atom stereocenters. The van der Waals surface area contributed by atoms with Crippen LogP contribution in [0.5, 0.6) is 0 Å². The third-order valence-electron chi connectivity index (χ3n) is 5.17. The number of likely N-dealkylation sites (tertiary alicyclic amines) is 1. The van der Waals surface area contributed by atoms with Gasteiger partial charge in [0.15, 0.2) is 0 Å². The van der Waals surface area contributed by atoms with E-state index in [4.69, 9.17) is 0 Å². The fraction of sp³-hybridized carbons (Fsp3) is 0.400. The van der Waals surface area contributed by atoms with Crippen molar-refractivity contribution in [3.8, 4) is 11.1 Å². The Kier molecular flexibility index (Phi) is 3.52. The fourth-order valence-electron chi connectivity index (χ4n) is 3.96. The zero-order chi connectivity index (χ0) is 14.1. The van der Waals surface area contributed by atoms with Crippen LogP contribution >= 0.6 is 0 Å². The van der Waals surface area contributed by atoms with Gasteiger partial charge < -0.3 is 4.90 Å². The Morgan fingerprint density at radius 3 is 2.43 bits per heavy atom. The van der Waals surface area contributed by atoms with E-state index in [2.05, 4.69) is 53.4 Å². The summed E-state index contributed by atoms with van der Waals surface area (Å²) in [6.07, 6.45) is 6.64. The summed E-state index contributed by atoms with van der Waals surface area (Å²) in [5.74, 6) is 0. The van der Waals surface area contributed by atoms with E-state index in [9.17, 15) is 0 Å². The van der Waals surface area contributed by atoms with E-state index < -0.39 is 0 Å². The molecule has 1 heterocycles. The summed E-state index contributed by atoms with van der Waals surface area (Å²) in [7, 11) is 0. The monoisotopic (exact) mass is 277 g/mol. The molecule has 1 aliphatic heterocycles. The zero-order valence-electron chi connectivity index (χ0n) is 12.6. The number of benzene rings is 2. The molecule has 0 saturated carbocycles. The molecule has 0 aromatic heterocycles. The first-order valence-electron chi connectivity index (χ1n) is 8.31. The summed E-state index contributed by atoms with van der Waals surface area (Å²) in [6, 6.07) is 18.6. The summed E-state index contributed by atoms with van der Waals surface area (Å²) in [4.78, 5) is 2.72. The topological polar surface area (TPSA) is 3.24 Å². The van der Waals surface area contributed by atoms with Crippen molar-refractivity contribution in [2.45, 2.75) is 38.1 Å². The molecule has 0 bridgehead atoms. The molecule has 2 aliphatic rings. The lowest BCUT2D eigenvalue weighted by atomic mass is 9.85. The van der Waals surface area contributed by atoms with Crippen molar-refractivity contribution >= 4 is 0 Å². The minimum atomic E-state index is 0.794. The Morgan fingerprint density at radius 1 is 0.810 bits per heavy atom. The van der Waals surface area contributed by atoms with Gasteiger partial charge in [-0.3, -0.25) is 0 Å². The standard InChI is InChI=1S/C20H23N/c1-2-6-16(7-3-1)17-8-9-19-15-20(11-10-18(19)14-17)21-12-4-5-13-21/h1-3,6-9,14,20H,4-5,10-13,15H2/t20-/m0/s1. The Bertz CT molecular complexity index is 611. The van der Waals surface area contributed by atoms with Gasteiger partial charge in [-0.05, 0) is 67.4 Å². The van der Waals surface area contributed by atoms with Crippen LogP contribution in [-0.2, 0) is 12.8 Å². The maximum absolute atomic E-state index is 2.72. The van der Waals surface area contributed by atoms with Gasteiger partial charge in [0.1, 0.15) is 0 Å². The van der Waals surface area contributed by atoms with Crippen LogP contribution in [0.25, 0.3) is 11.1 Å². The van der Waals surface area contributed by atoms with Crippen molar-refractivity contribution in [1.29, 1.82) is 0 Å². The molecule has 2 aromatic carbocycles. The minimum Gasteiger partial charge on any atom is -0.300 e. The Morgan fingerprint density at radius 2 is 1.62 bits per heavy atom. The van der Waals surface area contributed by atoms with Gasteiger partial charge in [0.2, 0.25) is 0 Å². The third-order valence-corrected chi connectivity index (χ3v) is 5.17. The fourth-order valence-corrected chi connectivity index (χ4v) is 3.96. The van der Waals surface area contributed by atoms with E-state index in [0.717, 1.165) is 6.04 Å². The van der Waals surface area contributed by atoms with Crippen LogP contribution < -0.4 is 0 Å².